The molecule has 3 rings (SSSR count). The molecule has 1 atom stereocenters. The zero-order valence-electron chi connectivity index (χ0n) is 11.5. The standard InChI is InChI=1S/C17H16ClN3/c18-16-11-20-8-7-14(16)10-17(21-19)15-6-5-12-3-1-2-4-13(12)9-15/h1-9,11,17,21H,10,19H2. The molecule has 0 amide bonds. The lowest BCUT2D eigenvalue weighted by Crippen LogP contribution is -2.29. The molecule has 0 saturated carbocycles. The first-order valence-corrected chi connectivity index (χ1v) is 7.19. The highest BCUT2D eigenvalue weighted by atomic mass is 35.5. The van der Waals surface area contributed by atoms with Crippen LogP contribution in [0.25, 0.3) is 10.8 Å². The Morgan fingerprint density at radius 2 is 1.90 bits per heavy atom. The average Bonchev–Trinajstić information content (AvgIpc) is 2.54. The van der Waals surface area contributed by atoms with Crippen LogP contribution in [0.15, 0.2) is 60.9 Å². The summed E-state index contributed by atoms with van der Waals surface area (Å²) in [6.45, 7) is 0. The average molecular weight is 298 g/mol. The molecule has 1 heterocycles. The van der Waals surface area contributed by atoms with Crippen LogP contribution in [-0.2, 0) is 6.42 Å². The number of halogens is 1. The van der Waals surface area contributed by atoms with Gasteiger partial charge in [-0.05, 0) is 40.5 Å². The molecule has 2 aromatic carbocycles. The Balaban J connectivity index is 1.93. The minimum Gasteiger partial charge on any atom is -0.271 e. The van der Waals surface area contributed by atoms with Gasteiger partial charge < -0.3 is 0 Å². The van der Waals surface area contributed by atoms with E-state index < -0.39 is 0 Å². The number of nitrogens with one attached hydrogen (secondary N) is 1. The summed E-state index contributed by atoms with van der Waals surface area (Å²) in [5, 5.41) is 3.09. The molecular formula is C17H16ClN3. The van der Waals surface area contributed by atoms with Crippen LogP contribution in [-0.4, -0.2) is 4.98 Å². The van der Waals surface area contributed by atoms with Crippen LogP contribution < -0.4 is 11.3 Å². The first-order chi connectivity index (χ1) is 10.3. The SMILES string of the molecule is NNC(Cc1ccncc1Cl)c1ccc2ccccc2c1. The molecule has 3 aromatic rings. The highest BCUT2D eigenvalue weighted by Gasteiger charge is 2.13. The van der Waals surface area contributed by atoms with E-state index in [4.69, 9.17) is 17.4 Å². The Labute approximate surface area is 128 Å². The maximum atomic E-state index is 6.18. The van der Waals surface area contributed by atoms with Crippen LogP contribution in [0.1, 0.15) is 17.2 Å². The normalized spacial score (nSPS) is 12.5. The van der Waals surface area contributed by atoms with Crippen LogP contribution in [0, 0.1) is 0 Å². The van der Waals surface area contributed by atoms with Gasteiger partial charge in [-0.3, -0.25) is 16.3 Å². The molecule has 1 aromatic heterocycles. The van der Waals surface area contributed by atoms with E-state index >= 15 is 0 Å². The molecule has 1 unspecified atom stereocenters. The van der Waals surface area contributed by atoms with Crippen molar-refractivity contribution < 1.29 is 0 Å². The van der Waals surface area contributed by atoms with Crippen molar-refractivity contribution in [2.75, 3.05) is 0 Å². The Morgan fingerprint density at radius 3 is 2.67 bits per heavy atom. The van der Waals surface area contributed by atoms with E-state index in [1.54, 1.807) is 12.4 Å². The van der Waals surface area contributed by atoms with E-state index in [0.717, 1.165) is 17.5 Å². The van der Waals surface area contributed by atoms with Crippen LogP contribution in [0.2, 0.25) is 5.02 Å². The quantitative estimate of drug-likeness (QED) is 0.571. The van der Waals surface area contributed by atoms with E-state index in [1.165, 1.54) is 10.8 Å². The molecule has 0 radical (unpaired) electrons. The molecule has 0 spiro atoms. The fourth-order valence-corrected chi connectivity index (χ4v) is 2.68. The minimum absolute atomic E-state index is 0.00880. The van der Waals surface area contributed by atoms with Crippen molar-refractivity contribution in [1.29, 1.82) is 0 Å². The first-order valence-electron chi connectivity index (χ1n) is 6.81. The lowest BCUT2D eigenvalue weighted by atomic mass is 9.97. The molecule has 3 nitrogen and oxygen atoms in total. The molecule has 0 aliphatic carbocycles. The highest BCUT2D eigenvalue weighted by Crippen LogP contribution is 2.25. The third-order valence-corrected chi connectivity index (χ3v) is 4.00. The van der Waals surface area contributed by atoms with E-state index in [0.29, 0.717) is 5.02 Å². The second kappa shape index (κ2) is 6.22. The van der Waals surface area contributed by atoms with E-state index in [9.17, 15) is 0 Å². The molecule has 0 fully saturated rings. The van der Waals surface area contributed by atoms with Gasteiger partial charge in [0.25, 0.3) is 0 Å². The number of rotatable bonds is 4. The zero-order chi connectivity index (χ0) is 14.7. The lowest BCUT2D eigenvalue weighted by molar-refractivity contribution is 0.552. The molecule has 106 valence electrons. The van der Waals surface area contributed by atoms with Crippen LogP contribution in [0.4, 0.5) is 0 Å². The first kappa shape index (κ1) is 14.0. The van der Waals surface area contributed by atoms with Gasteiger partial charge in [0.1, 0.15) is 0 Å². The van der Waals surface area contributed by atoms with Crippen molar-refractivity contribution in [2.45, 2.75) is 12.5 Å². The fraction of sp³-hybridized carbons (Fsp3) is 0.118. The molecule has 21 heavy (non-hydrogen) atoms. The molecule has 4 heteroatoms. The Bertz CT molecular complexity index is 758. The molecule has 0 aliphatic rings. The second-order valence-electron chi connectivity index (χ2n) is 5.00. The summed E-state index contributed by atoms with van der Waals surface area (Å²) in [7, 11) is 0. The van der Waals surface area contributed by atoms with Crippen molar-refractivity contribution in [3.8, 4) is 0 Å². The molecule has 0 aliphatic heterocycles. The van der Waals surface area contributed by atoms with Gasteiger partial charge in [0.15, 0.2) is 0 Å². The van der Waals surface area contributed by atoms with Gasteiger partial charge in [-0.2, -0.15) is 0 Å². The maximum absolute atomic E-state index is 6.18. The number of hydrogen-bond acceptors (Lipinski definition) is 3. The number of fused-ring (bicyclic) bond motifs is 1. The number of benzene rings is 2. The van der Waals surface area contributed by atoms with Crippen LogP contribution in [0.3, 0.4) is 0 Å². The van der Waals surface area contributed by atoms with Crippen molar-refractivity contribution in [1.82, 2.24) is 10.4 Å². The summed E-state index contributed by atoms with van der Waals surface area (Å²) >= 11 is 6.18. The number of hydrogen-bond donors (Lipinski definition) is 2. The second-order valence-corrected chi connectivity index (χ2v) is 5.40. The molecule has 0 bridgehead atoms. The summed E-state index contributed by atoms with van der Waals surface area (Å²) in [4.78, 5) is 4.01. The van der Waals surface area contributed by atoms with E-state index in [1.807, 2.05) is 18.2 Å². The van der Waals surface area contributed by atoms with Gasteiger partial charge in [-0.1, -0.05) is 48.0 Å². The Morgan fingerprint density at radius 1 is 1.10 bits per heavy atom. The van der Waals surface area contributed by atoms with E-state index in [2.05, 4.69) is 40.7 Å². The van der Waals surface area contributed by atoms with Gasteiger partial charge in [-0.15, -0.1) is 0 Å². The maximum Gasteiger partial charge on any atom is 0.0622 e. The zero-order valence-corrected chi connectivity index (χ0v) is 12.2. The predicted molar refractivity (Wildman–Crippen MR) is 87.0 cm³/mol. The summed E-state index contributed by atoms with van der Waals surface area (Å²) < 4.78 is 0. The third-order valence-electron chi connectivity index (χ3n) is 3.66. The fourth-order valence-electron chi connectivity index (χ4n) is 2.49. The smallest absolute Gasteiger partial charge is 0.0622 e. The molecular weight excluding hydrogens is 282 g/mol. The molecule has 0 saturated heterocycles. The van der Waals surface area contributed by atoms with Gasteiger partial charge in [-0.25, -0.2) is 0 Å². The van der Waals surface area contributed by atoms with Gasteiger partial charge in [0.05, 0.1) is 11.1 Å². The minimum atomic E-state index is 0.00880. The van der Waals surface area contributed by atoms with Crippen LogP contribution >= 0.6 is 11.6 Å². The van der Waals surface area contributed by atoms with Gasteiger partial charge in [0, 0.05) is 12.4 Å². The monoisotopic (exact) mass is 297 g/mol. The highest BCUT2D eigenvalue weighted by molar-refractivity contribution is 6.31. The number of nitrogens with two attached hydrogens (primary N) is 1. The Kier molecular flexibility index (Phi) is 4.15. The number of aromatic nitrogens is 1. The largest absolute Gasteiger partial charge is 0.271 e. The summed E-state index contributed by atoms with van der Waals surface area (Å²) in [6.07, 6.45) is 4.12. The van der Waals surface area contributed by atoms with E-state index in [-0.39, 0.29) is 6.04 Å². The predicted octanol–water partition coefficient (Wildman–Crippen LogP) is 3.64. The van der Waals surface area contributed by atoms with Gasteiger partial charge >= 0.3 is 0 Å². The van der Waals surface area contributed by atoms with Crippen LogP contribution in [0.5, 0.6) is 0 Å². The lowest BCUT2D eigenvalue weighted by Gasteiger charge is -2.17. The summed E-state index contributed by atoms with van der Waals surface area (Å²) in [5.41, 5.74) is 5.05. The number of hydrazine groups is 1. The number of pyridine rings is 1. The Hall–Kier alpha value is -1.94. The molecule has 3 N–H and O–H groups in total. The topological polar surface area (TPSA) is 50.9 Å². The van der Waals surface area contributed by atoms with Crippen molar-refractivity contribution in [2.24, 2.45) is 5.84 Å². The van der Waals surface area contributed by atoms with Crippen molar-refractivity contribution >= 4 is 22.4 Å². The number of nitrogens with zero attached hydrogens (tertiary/aromatic N) is 1. The summed E-state index contributed by atoms with van der Waals surface area (Å²) in [6, 6.07) is 16.6. The third kappa shape index (κ3) is 3.05. The summed E-state index contributed by atoms with van der Waals surface area (Å²) in [5.74, 6) is 5.74. The van der Waals surface area contributed by atoms with Crippen molar-refractivity contribution in [3.63, 3.8) is 0 Å². The van der Waals surface area contributed by atoms with Gasteiger partial charge in [0.2, 0.25) is 0 Å². The van der Waals surface area contributed by atoms with Crippen molar-refractivity contribution in [3.05, 3.63) is 77.1 Å².